The molecule has 42 heavy (non-hydrogen) atoms. The van der Waals surface area contributed by atoms with Crippen molar-refractivity contribution in [3.8, 4) is 0 Å². The number of rotatable bonds is 4. The molecule has 5 rings (SSSR count). The first kappa shape index (κ1) is 30.8. The average molecular weight is 626 g/mol. The van der Waals surface area contributed by atoms with Crippen LogP contribution in [-0.4, -0.2) is 61.7 Å². The molecular formula is C29H32ClF4N5O2S. The van der Waals surface area contributed by atoms with Crippen molar-refractivity contribution in [3.63, 3.8) is 0 Å². The summed E-state index contributed by atoms with van der Waals surface area (Å²) in [6, 6.07) is 1.75. The summed E-state index contributed by atoms with van der Waals surface area (Å²) in [5.41, 5.74) is -2.07. The minimum absolute atomic E-state index is 0.0409. The molecule has 7 nitrogen and oxygen atoms in total. The van der Waals surface area contributed by atoms with Gasteiger partial charge >= 0.3 is 11.9 Å². The Bertz CT molecular complexity index is 1590. The third-order valence-corrected chi connectivity index (χ3v) is 10.5. The lowest BCUT2D eigenvalue weighted by molar-refractivity contribution is -0.137. The van der Waals surface area contributed by atoms with Gasteiger partial charge in [0.1, 0.15) is 17.9 Å². The number of hydrogen-bond acceptors (Lipinski definition) is 7. The third-order valence-electron chi connectivity index (χ3n) is 8.68. The molecule has 13 heteroatoms. The van der Waals surface area contributed by atoms with Gasteiger partial charge < -0.3 is 10.0 Å². The summed E-state index contributed by atoms with van der Waals surface area (Å²) in [5.74, 6) is -0.330. The van der Waals surface area contributed by atoms with Crippen LogP contribution in [0.3, 0.4) is 0 Å². The van der Waals surface area contributed by atoms with Crippen LogP contribution in [-0.2, 0) is 18.1 Å². The van der Waals surface area contributed by atoms with E-state index in [1.165, 1.54) is 29.1 Å². The summed E-state index contributed by atoms with van der Waals surface area (Å²) < 4.78 is 59.4. The predicted molar refractivity (Wildman–Crippen MR) is 157 cm³/mol. The van der Waals surface area contributed by atoms with Crippen molar-refractivity contribution in [2.24, 2.45) is 5.92 Å². The number of nitrogens with zero attached hydrogens (tertiary/aromatic N) is 5. The topological polar surface area (TPSA) is 74.5 Å². The monoisotopic (exact) mass is 625 g/mol. The first-order valence-corrected chi connectivity index (χ1v) is 14.9. The van der Waals surface area contributed by atoms with Crippen LogP contribution in [0.1, 0.15) is 38.8 Å². The Morgan fingerprint density at radius 2 is 1.93 bits per heavy atom. The smallest absolute Gasteiger partial charge is 0.375 e. The average Bonchev–Trinajstić information content (AvgIpc) is 2.91. The summed E-state index contributed by atoms with van der Waals surface area (Å²) >= 11 is 7.59. The number of piperazine rings is 1. The van der Waals surface area contributed by atoms with Crippen molar-refractivity contribution >= 4 is 40.1 Å². The maximum absolute atomic E-state index is 15.1. The van der Waals surface area contributed by atoms with E-state index in [2.05, 4.69) is 16.5 Å². The lowest BCUT2D eigenvalue weighted by atomic mass is 9.73. The largest absolute Gasteiger partial charge is 0.417 e. The van der Waals surface area contributed by atoms with E-state index < -0.39 is 39.9 Å². The number of aliphatic hydroxyl groups is 1. The zero-order valence-electron chi connectivity index (χ0n) is 23.6. The van der Waals surface area contributed by atoms with Crippen LogP contribution in [0, 0.1) is 11.7 Å². The Hall–Kier alpha value is -2.67. The molecule has 2 aliphatic heterocycles. The number of thioether (sulfide) groups is 1. The fraction of sp³-hybridized carbons (Fsp3) is 0.483. The van der Waals surface area contributed by atoms with Gasteiger partial charge in [-0.25, -0.2) is 9.18 Å². The Morgan fingerprint density at radius 3 is 2.52 bits per heavy atom. The minimum atomic E-state index is -4.75. The van der Waals surface area contributed by atoms with Crippen LogP contribution >= 0.6 is 23.4 Å². The molecule has 2 aliphatic rings. The van der Waals surface area contributed by atoms with Crippen LogP contribution in [0.4, 0.5) is 23.4 Å². The zero-order valence-corrected chi connectivity index (χ0v) is 25.2. The van der Waals surface area contributed by atoms with Crippen molar-refractivity contribution < 1.29 is 22.7 Å². The van der Waals surface area contributed by atoms with Gasteiger partial charge in [0.15, 0.2) is 0 Å². The van der Waals surface area contributed by atoms with Crippen molar-refractivity contribution in [2.75, 3.05) is 23.7 Å². The van der Waals surface area contributed by atoms with Gasteiger partial charge in [0.25, 0.3) is 0 Å². The number of aliphatic hydroxyl groups excluding tert-OH is 1. The highest BCUT2D eigenvalue weighted by molar-refractivity contribution is 7.99. The molecule has 1 aromatic carbocycles. The molecule has 0 spiro atoms. The summed E-state index contributed by atoms with van der Waals surface area (Å²) in [6.07, 6.45) is -1.47. The molecule has 2 unspecified atom stereocenters. The fourth-order valence-corrected chi connectivity index (χ4v) is 8.07. The van der Waals surface area contributed by atoms with Gasteiger partial charge in [0.05, 0.1) is 21.0 Å². The van der Waals surface area contributed by atoms with Gasteiger partial charge in [0.2, 0.25) is 0 Å². The summed E-state index contributed by atoms with van der Waals surface area (Å²) in [7, 11) is 0. The molecule has 0 amide bonds. The van der Waals surface area contributed by atoms with Gasteiger partial charge in [0, 0.05) is 66.2 Å². The minimum Gasteiger partial charge on any atom is -0.375 e. The summed E-state index contributed by atoms with van der Waals surface area (Å²) in [4.78, 5) is 26.1. The Kier molecular flexibility index (Phi) is 8.14. The SMILES string of the molecule is C=CC(O)N1[C@H](C)CN(c2nc(=O)n3c4c(c(Cl)c(C(F)(F)F)cc24)SCC(C)[C@](C)(c2cnccc2F)C3)C[C@@H]1C. The highest BCUT2D eigenvalue weighted by Gasteiger charge is 2.42. The molecule has 5 atom stereocenters. The Morgan fingerprint density at radius 1 is 1.26 bits per heavy atom. The molecule has 4 heterocycles. The fourth-order valence-electron chi connectivity index (χ4n) is 6.27. The summed E-state index contributed by atoms with van der Waals surface area (Å²) in [5, 5.41) is 10.1. The Labute approximate surface area is 250 Å². The quantitative estimate of drug-likeness (QED) is 0.294. The molecule has 226 valence electrons. The standard InChI is InChI=1S/C29H32ClF4N5O2S/c1-6-22(40)39-16(3)11-37(12-17(39)4)26-18-9-19(29(32,33)34)23(30)25-24(18)38(27(41)36-26)14-28(5,15(2)13-42-25)20-10-35-8-7-21(20)31/h6-10,15-17,22,40H,1,11-14H2,2-5H3/t15?,16-,17+,22?,28-/m1/s1. The second-order valence-electron chi connectivity index (χ2n) is 11.4. The predicted octanol–water partition coefficient (Wildman–Crippen LogP) is 5.71. The normalized spacial score (nSPS) is 26.1. The number of pyridine rings is 1. The van der Waals surface area contributed by atoms with Crippen LogP contribution < -0.4 is 10.6 Å². The van der Waals surface area contributed by atoms with Crippen molar-refractivity contribution in [2.45, 2.75) is 69.0 Å². The summed E-state index contributed by atoms with van der Waals surface area (Å²) in [6.45, 7) is 11.7. The Balaban J connectivity index is 1.77. The van der Waals surface area contributed by atoms with E-state index in [-0.39, 0.29) is 46.2 Å². The number of benzene rings is 1. The lowest BCUT2D eigenvalue weighted by Crippen LogP contribution is -2.60. The second-order valence-corrected chi connectivity index (χ2v) is 12.9. The molecule has 1 saturated heterocycles. The molecule has 3 aromatic rings. The van der Waals surface area contributed by atoms with Crippen LogP contribution in [0.25, 0.3) is 10.9 Å². The molecule has 2 aromatic heterocycles. The first-order chi connectivity index (χ1) is 19.7. The van der Waals surface area contributed by atoms with Crippen LogP contribution in [0.2, 0.25) is 5.02 Å². The van der Waals surface area contributed by atoms with E-state index in [1.807, 2.05) is 32.6 Å². The van der Waals surface area contributed by atoms with Gasteiger partial charge in [-0.2, -0.15) is 18.2 Å². The van der Waals surface area contributed by atoms with Crippen LogP contribution in [0.5, 0.6) is 0 Å². The molecule has 0 saturated carbocycles. The van der Waals surface area contributed by atoms with Gasteiger partial charge in [-0.15, -0.1) is 11.8 Å². The van der Waals surface area contributed by atoms with E-state index in [4.69, 9.17) is 11.6 Å². The van der Waals surface area contributed by atoms with Crippen molar-refractivity contribution in [1.29, 1.82) is 0 Å². The highest BCUT2D eigenvalue weighted by atomic mass is 35.5. The second kappa shape index (κ2) is 11.1. The van der Waals surface area contributed by atoms with Gasteiger partial charge in [-0.05, 0) is 38.0 Å². The molecule has 0 bridgehead atoms. The van der Waals surface area contributed by atoms with Gasteiger partial charge in [-0.1, -0.05) is 32.0 Å². The number of alkyl halides is 3. The number of anilines is 1. The number of hydrogen-bond donors (Lipinski definition) is 1. The maximum Gasteiger partial charge on any atom is 0.417 e. The molecule has 0 radical (unpaired) electrons. The van der Waals surface area contributed by atoms with E-state index in [1.54, 1.807) is 4.90 Å². The molecule has 1 N–H and O–H groups in total. The van der Waals surface area contributed by atoms with Gasteiger partial charge in [-0.3, -0.25) is 14.5 Å². The molecule has 0 aliphatic carbocycles. The van der Waals surface area contributed by atoms with Crippen molar-refractivity contribution in [3.05, 3.63) is 69.6 Å². The molecular weight excluding hydrogens is 594 g/mol. The zero-order chi connectivity index (χ0) is 30.7. The van der Waals surface area contributed by atoms with Crippen molar-refractivity contribution in [1.82, 2.24) is 19.4 Å². The molecule has 1 fully saturated rings. The van der Waals surface area contributed by atoms with E-state index in [9.17, 15) is 23.1 Å². The lowest BCUT2D eigenvalue weighted by Gasteiger charge is -2.46. The number of halogens is 5. The van der Waals surface area contributed by atoms with E-state index >= 15 is 4.39 Å². The van der Waals surface area contributed by atoms with E-state index in [0.29, 0.717) is 24.4 Å². The maximum atomic E-state index is 15.1. The number of aromatic nitrogens is 3. The van der Waals surface area contributed by atoms with E-state index in [0.717, 1.165) is 17.8 Å². The first-order valence-electron chi connectivity index (χ1n) is 13.6. The third kappa shape index (κ3) is 5.10. The highest BCUT2D eigenvalue weighted by Crippen LogP contribution is 2.49. The van der Waals surface area contributed by atoms with Crippen LogP contribution in [0.15, 0.2) is 46.9 Å².